The summed E-state index contributed by atoms with van der Waals surface area (Å²) in [5, 5.41) is 12.7. The summed E-state index contributed by atoms with van der Waals surface area (Å²) in [7, 11) is 0. The van der Waals surface area contributed by atoms with Gasteiger partial charge in [0.2, 0.25) is 5.75 Å². The first-order valence-electron chi connectivity index (χ1n) is 6.25. The van der Waals surface area contributed by atoms with E-state index >= 15 is 0 Å². The second-order valence-corrected chi connectivity index (χ2v) is 5.33. The van der Waals surface area contributed by atoms with Crippen LogP contribution in [0.15, 0.2) is 34.6 Å². The van der Waals surface area contributed by atoms with Crippen LogP contribution in [0.1, 0.15) is 11.4 Å². The van der Waals surface area contributed by atoms with Crippen molar-refractivity contribution in [3.8, 4) is 5.75 Å². The monoisotopic (exact) mass is 318 g/mol. The topological polar surface area (TPSA) is 99.6 Å². The van der Waals surface area contributed by atoms with E-state index in [1.165, 1.54) is 27.9 Å². The van der Waals surface area contributed by atoms with Crippen molar-refractivity contribution in [1.82, 2.24) is 14.4 Å². The Morgan fingerprint density at radius 3 is 3.00 bits per heavy atom. The number of aryl methyl sites for hydroxylation is 1. The number of ether oxygens (including phenoxy) is 1. The fourth-order valence-electron chi connectivity index (χ4n) is 1.89. The van der Waals surface area contributed by atoms with Crippen LogP contribution in [0.5, 0.6) is 5.75 Å². The Kier molecular flexibility index (Phi) is 3.55. The molecule has 22 heavy (non-hydrogen) atoms. The van der Waals surface area contributed by atoms with Gasteiger partial charge in [-0.3, -0.25) is 9.20 Å². The summed E-state index contributed by atoms with van der Waals surface area (Å²) in [4.78, 5) is 30.9. The number of nitro groups is 1. The van der Waals surface area contributed by atoms with Gasteiger partial charge in [-0.2, -0.15) is 0 Å². The number of fused-ring (bicyclic) bond motifs is 1. The molecule has 9 heteroatoms. The second kappa shape index (κ2) is 5.53. The van der Waals surface area contributed by atoms with Gasteiger partial charge >= 0.3 is 5.82 Å². The Morgan fingerprint density at radius 2 is 2.23 bits per heavy atom. The third-order valence-corrected chi connectivity index (χ3v) is 3.64. The minimum atomic E-state index is -0.604. The molecule has 0 aliphatic carbocycles. The second-order valence-electron chi connectivity index (χ2n) is 4.46. The zero-order valence-corrected chi connectivity index (χ0v) is 12.2. The molecule has 0 saturated carbocycles. The van der Waals surface area contributed by atoms with E-state index in [1.807, 2.05) is 0 Å². The highest BCUT2D eigenvalue weighted by atomic mass is 32.1. The number of hydrogen-bond acceptors (Lipinski definition) is 7. The van der Waals surface area contributed by atoms with E-state index in [4.69, 9.17) is 4.74 Å². The lowest BCUT2D eigenvalue weighted by Crippen LogP contribution is -2.14. The Morgan fingerprint density at radius 1 is 1.41 bits per heavy atom. The first-order chi connectivity index (χ1) is 10.5. The van der Waals surface area contributed by atoms with Crippen LogP contribution in [0.3, 0.4) is 0 Å². The summed E-state index contributed by atoms with van der Waals surface area (Å²) < 4.78 is 6.83. The van der Waals surface area contributed by atoms with E-state index in [0.29, 0.717) is 16.3 Å². The Hall–Kier alpha value is -2.81. The third-order valence-electron chi connectivity index (χ3n) is 2.88. The molecule has 0 bridgehead atoms. The van der Waals surface area contributed by atoms with Crippen LogP contribution >= 0.6 is 11.3 Å². The van der Waals surface area contributed by atoms with Gasteiger partial charge in [0.15, 0.2) is 4.96 Å². The van der Waals surface area contributed by atoms with Crippen LogP contribution < -0.4 is 10.3 Å². The molecule has 112 valence electrons. The average molecular weight is 318 g/mol. The van der Waals surface area contributed by atoms with Gasteiger partial charge in [-0.05, 0) is 22.0 Å². The standard InChI is InChI=1S/C13H10N4O4S/c1-8-2-3-10(12(14-8)17(19)20)21-7-9-6-11(18)16-4-5-22-13(16)15-9/h2-6H,7H2,1H3. The van der Waals surface area contributed by atoms with Gasteiger partial charge in [0, 0.05) is 24.6 Å². The van der Waals surface area contributed by atoms with E-state index in [-0.39, 0.29) is 23.7 Å². The molecule has 0 aliphatic heterocycles. The maximum atomic E-state index is 11.8. The van der Waals surface area contributed by atoms with Crippen molar-refractivity contribution in [3.05, 3.63) is 61.6 Å². The molecular weight excluding hydrogens is 308 g/mol. The highest BCUT2D eigenvalue weighted by Gasteiger charge is 2.18. The number of hydrogen-bond donors (Lipinski definition) is 0. The molecule has 3 aromatic rings. The molecule has 3 rings (SSSR count). The van der Waals surface area contributed by atoms with E-state index < -0.39 is 4.92 Å². The summed E-state index contributed by atoms with van der Waals surface area (Å²) in [6.45, 7) is 1.61. The quantitative estimate of drug-likeness (QED) is 0.538. The van der Waals surface area contributed by atoms with Gasteiger partial charge in [-0.25, -0.2) is 4.98 Å². The summed E-state index contributed by atoms with van der Waals surface area (Å²) in [5.41, 5.74) is 0.708. The minimum Gasteiger partial charge on any atom is -0.479 e. The number of thiazole rings is 1. The zero-order chi connectivity index (χ0) is 15.7. The molecule has 8 nitrogen and oxygen atoms in total. The number of nitrogens with zero attached hydrogens (tertiary/aromatic N) is 4. The normalized spacial score (nSPS) is 10.8. The van der Waals surface area contributed by atoms with Crippen molar-refractivity contribution >= 4 is 22.1 Å². The molecule has 3 heterocycles. The fourth-order valence-corrected chi connectivity index (χ4v) is 2.63. The largest absolute Gasteiger partial charge is 0.479 e. The van der Waals surface area contributed by atoms with Crippen LogP contribution in [0, 0.1) is 17.0 Å². The molecule has 3 aromatic heterocycles. The molecule has 0 aliphatic rings. The summed E-state index contributed by atoms with van der Waals surface area (Å²) in [6.07, 6.45) is 1.63. The van der Waals surface area contributed by atoms with Gasteiger partial charge in [-0.1, -0.05) is 0 Å². The van der Waals surface area contributed by atoms with Crippen molar-refractivity contribution < 1.29 is 9.66 Å². The lowest BCUT2D eigenvalue weighted by atomic mass is 10.3. The molecule has 0 unspecified atom stereocenters. The average Bonchev–Trinajstić information content (AvgIpc) is 2.94. The van der Waals surface area contributed by atoms with Crippen molar-refractivity contribution in [2.75, 3.05) is 0 Å². The molecule has 0 spiro atoms. The Bertz CT molecular complexity index is 918. The van der Waals surface area contributed by atoms with Gasteiger partial charge in [0.25, 0.3) is 5.56 Å². The SMILES string of the molecule is Cc1ccc(OCc2cc(=O)n3ccsc3n2)c([N+](=O)[O-])n1. The van der Waals surface area contributed by atoms with Crippen LogP contribution in [-0.2, 0) is 6.61 Å². The fraction of sp³-hybridized carbons (Fsp3) is 0.154. The van der Waals surface area contributed by atoms with Crippen LogP contribution in [-0.4, -0.2) is 19.3 Å². The third kappa shape index (κ3) is 2.66. The van der Waals surface area contributed by atoms with E-state index in [1.54, 1.807) is 24.6 Å². The molecular formula is C13H10N4O4S. The molecule has 0 saturated heterocycles. The first-order valence-corrected chi connectivity index (χ1v) is 7.13. The van der Waals surface area contributed by atoms with Gasteiger partial charge in [0.05, 0.1) is 5.69 Å². The van der Waals surface area contributed by atoms with Gasteiger partial charge < -0.3 is 14.9 Å². The first kappa shape index (κ1) is 14.1. The van der Waals surface area contributed by atoms with Gasteiger partial charge in [0.1, 0.15) is 12.3 Å². The van der Waals surface area contributed by atoms with Crippen LogP contribution in [0.4, 0.5) is 5.82 Å². The predicted molar refractivity (Wildman–Crippen MR) is 79.3 cm³/mol. The van der Waals surface area contributed by atoms with Crippen molar-refractivity contribution in [2.24, 2.45) is 0 Å². The molecule has 0 N–H and O–H groups in total. The van der Waals surface area contributed by atoms with Crippen LogP contribution in [0.2, 0.25) is 0 Å². The predicted octanol–water partition coefficient (Wildman–Crippen LogP) is 1.95. The maximum Gasteiger partial charge on any atom is 0.406 e. The molecule has 0 atom stereocenters. The van der Waals surface area contributed by atoms with Crippen LogP contribution in [0.25, 0.3) is 4.96 Å². The number of rotatable bonds is 4. The van der Waals surface area contributed by atoms with Crippen molar-refractivity contribution in [2.45, 2.75) is 13.5 Å². The lowest BCUT2D eigenvalue weighted by Gasteiger charge is -2.06. The zero-order valence-electron chi connectivity index (χ0n) is 11.4. The minimum absolute atomic E-state index is 0.0452. The number of pyridine rings is 1. The maximum absolute atomic E-state index is 11.8. The Labute approximate surface area is 127 Å². The Balaban J connectivity index is 1.88. The highest BCUT2D eigenvalue weighted by molar-refractivity contribution is 7.15. The molecule has 0 radical (unpaired) electrons. The summed E-state index contributed by atoms with van der Waals surface area (Å²) >= 11 is 1.32. The van der Waals surface area contributed by atoms with E-state index in [9.17, 15) is 14.9 Å². The molecule has 0 amide bonds. The summed E-state index contributed by atoms with van der Waals surface area (Å²) in [6, 6.07) is 4.44. The smallest absolute Gasteiger partial charge is 0.406 e. The summed E-state index contributed by atoms with van der Waals surface area (Å²) in [5.74, 6) is -0.308. The van der Waals surface area contributed by atoms with E-state index in [2.05, 4.69) is 9.97 Å². The van der Waals surface area contributed by atoms with Gasteiger partial charge in [-0.15, -0.1) is 11.3 Å². The van der Waals surface area contributed by atoms with Crippen molar-refractivity contribution in [1.29, 1.82) is 0 Å². The van der Waals surface area contributed by atoms with E-state index in [0.717, 1.165) is 0 Å². The van der Waals surface area contributed by atoms with Crippen molar-refractivity contribution in [3.63, 3.8) is 0 Å². The number of aromatic nitrogens is 3. The lowest BCUT2D eigenvalue weighted by molar-refractivity contribution is -0.390. The molecule has 0 aromatic carbocycles. The molecule has 0 fully saturated rings. The highest BCUT2D eigenvalue weighted by Crippen LogP contribution is 2.25.